The first-order valence-electron chi connectivity index (χ1n) is 8.38. The fraction of sp³-hybridized carbons (Fsp3) is 0.350. The summed E-state index contributed by atoms with van der Waals surface area (Å²) >= 11 is 0. The summed E-state index contributed by atoms with van der Waals surface area (Å²) < 4.78 is 13.9. The zero-order chi connectivity index (χ0) is 17.4. The Balaban J connectivity index is 0.00000312. The van der Waals surface area contributed by atoms with Gasteiger partial charge in [-0.25, -0.2) is 4.39 Å². The first-order valence-corrected chi connectivity index (χ1v) is 8.38. The van der Waals surface area contributed by atoms with Gasteiger partial charge in [-0.05, 0) is 36.1 Å². The topological polar surface area (TPSA) is 46.3 Å². The van der Waals surface area contributed by atoms with E-state index >= 15 is 0 Å². The first kappa shape index (κ1) is 21.1. The second-order valence-corrected chi connectivity index (χ2v) is 6.07. The van der Waals surface area contributed by atoms with Gasteiger partial charge in [-0.2, -0.15) is 0 Å². The molecule has 5 heteroatoms. The Hall–Kier alpha value is -1.91. The molecule has 0 saturated heterocycles. The van der Waals surface area contributed by atoms with Crippen LogP contribution in [0.5, 0.6) is 0 Å². The third-order valence-electron chi connectivity index (χ3n) is 4.12. The van der Waals surface area contributed by atoms with Crippen LogP contribution in [0, 0.1) is 5.82 Å². The quantitative estimate of drug-likeness (QED) is 0.765. The van der Waals surface area contributed by atoms with Crippen LogP contribution in [0.2, 0.25) is 0 Å². The highest BCUT2D eigenvalue weighted by molar-refractivity contribution is 5.85. The Labute approximate surface area is 155 Å². The lowest BCUT2D eigenvalue weighted by Crippen LogP contribution is -2.33. The molecule has 1 atom stereocenters. The molecule has 2 aromatic rings. The normalized spacial score (nSPS) is 11.5. The van der Waals surface area contributed by atoms with Crippen molar-refractivity contribution in [3.63, 3.8) is 0 Å². The fourth-order valence-electron chi connectivity index (χ4n) is 2.75. The van der Waals surface area contributed by atoms with Crippen LogP contribution < -0.4 is 5.73 Å². The zero-order valence-electron chi connectivity index (χ0n) is 14.5. The fourth-order valence-corrected chi connectivity index (χ4v) is 2.75. The van der Waals surface area contributed by atoms with Crippen molar-refractivity contribution in [2.75, 3.05) is 13.1 Å². The number of hydrogen-bond donors (Lipinski definition) is 1. The molecule has 2 N–H and O–H groups in total. The number of nitrogens with zero attached hydrogens (tertiary/aromatic N) is 1. The van der Waals surface area contributed by atoms with Gasteiger partial charge in [0.1, 0.15) is 5.82 Å². The summed E-state index contributed by atoms with van der Waals surface area (Å²) in [7, 11) is 0. The summed E-state index contributed by atoms with van der Waals surface area (Å²) in [6.07, 6.45) is 1.05. The van der Waals surface area contributed by atoms with Crippen LogP contribution >= 0.6 is 12.4 Å². The third-order valence-corrected chi connectivity index (χ3v) is 4.12. The molecule has 0 fully saturated rings. The van der Waals surface area contributed by atoms with Gasteiger partial charge < -0.3 is 10.6 Å². The van der Waals surface area contributed by atoms with Crippen molar-refractivity contribution in [2.24, 2.45) is 5.73 Å². The predicted octanol–water partition coefficient (Wildman–Crippen LogP) is 4.12. The van der Waals surface area contributed by atoms with E-state index in [0.29, 0.717) is 31.6 Å². The van der Waals surface area contributed by atoms with Crippen molar-refractivity contribution >= 4 is 18.3 Å². The Bertz CT molecular complexity index is 651. The molecule has 25 heavy (non-hydrogen) atoms. The molecule has 2 aromatic carbocycles. The molecule has 0 aromatic heterocycles. The van der Waals surface area contributed by atoms with E-state index in [9.17, 15) is 9.18 Å². The smallest absolute Gasteiger partial charge is 0.223 e. The number of carbonyl (C=O) groups excluding carboxylic acids is 1. The molecule has 3 nitrogen and oxygen atoms in total. The number of rotatable bonds is 8. The highest BCUT2D eigenvalue weighted by Gasteiger charge is 2.19. The van der Waals surface area contributed by atoms with Crippen LogP contribution in [0.15, 0.2) is 54.6 Å². The molecular formula is C20H26ClFN2O. The second-order valence-electron chi connectivity index (χ2n) is 6.07. The third kappa shape index (κ3) is 6.48. The summed E-state index contributed by atoms with van der Waals surface area (Å²) in [5, 5.41) is 0. The monoisotopic (exact) mass is 364 g/mol. The van der Waals surface area contributed by atoms with Gasteiger partial charge in [0.15, 0.2) is 0 Å². The van der Waals surface area contributed by atoms with E-state index in [0.717, 1.165) is 12.0 Å². The number of amides is 1. The SMILES string of the molecule is CC(CC(=O)N(CCCN)Cc1ccccc1)c1ccccc1F.Cl. The molecule has 1 amide bonds. The number of halogens is 2. The molecule has 0 heterocycles. The van der Waals surface area contributed by atoms with Crippen LogP contribution in [-0.4, -0.2) is 23.9 Å². The molecule has 0 aliphatic carbocycles. The van der Waals surface area contributed by atoms with Gasteiger partial charge in [-0.3, -0.25) is 4.79 Å². The zero-order valence-corrected chi connectivity index (χ0v) is 15.3. The maximum atomic E-state index is 13.9. The van der Waals surface area contributed by atoms with E-state index in [1.807, 2.05) is 42.2 Å². The molecule has 1 unspecified atom stereocenters. The number of carbonyl (C=O) groups is 1. The van der Waals surface area contributed by atoms with Crippen LogP contribution in [-0.2, 0) is 11.3 Å². The molecule has 0 radical (unpaired) electrons. The number of nitrogens with two attached hydrogens (primary N) is 1. The summed E-state index contributed by atoms with van der Waals surface area (Å²) in [6, 6.07) is 16.5. The van der Waals surface area contributed by atoms with Gasteiger partial charge in [0.25, 0.3) is 0 Å². The lowest BCUT2D eigenvalue weighted by Gasteiger charge is -2.24. The number of hydrogen-bond acceptors (Lipinski definition) is 2. The minimum atomic E-state index is -0.255. The van der Waals surface area contributed by atoms with E-state index < -0.39 is 0 Å². The van der Waals surface area contributed by atoms with E-state index in [4.69, 9.17) is 5.73 Å². The molecule has 0 bridgehead atoms. The molecular weight excluding hydrogens is 339 g/mol. The van der Waals surface area contributed by atoms with Crippen LogP contribution in [0.25, 0.3) is 0 Å². The van der Waals surface area contributed by atoms with E-state index in [1.54, 1.807) is 18.2 Å². The van der Waals surface area contributed by atoms with Crippen molar-refractivity contribution in [3.8, 4) is 0 Å². The van der Waals surface area contributed by atoms with Crippen LogP contribution in [0.1, 0.15) is 36.8 Å². The second kappa shape index (κ2) is 10.9. The summed E-state index contributed by atoms with van der Waals surface area (Å²) in [6.45, 7) is 3.61. The molecule has 0 aliphatic heterocycles. The predicted molar refractivity (Wildman–Crippen MR) is 102 cm³/mol. The number of benzene rings is 2. The van der Waals surface area contributed by atoms with Gasteiger partial charge in [0, 0.05) is 19.5 Å². The highest BCUT2D eigenvalue weighted by Crippen LogP contribution is 2.23. The van der Waals surface area contributed by atoms with Crippen molar-refractivity contribution < 1.29 is 9.18 Å². The minimum Gasteiger partial charge on any atom is -0.338 e. The minimum absolute atomic E-state index is 0. The average molecular weight is 365 g/mol. The Kier molecular flexibility index (Phi) is 9.17. The molecule has 0 aliphatic rings. The van der Waals surface area contributed by atoms with E-state index in [1.165, 1.54) is 6.07 Å². The first-order chi connectivity index (χ1) is 11.6. The van der Waals surface area contributed by atoms with Crippen LogP contribution in [0.4, 0.5) is 4.39 Å². The maximum Gasteiger partial charge on any atom is 0.223 e. The van der Waals surface area contributed by atoms with Gasteiger partial charge >= 0.3 is 0 Å². The molecule has 2 rings (SSSR count). The van der Waals surface area contributed by atoms with Gasteiger partial charge in [-0.1, -0.05) is 55.5 Å². The largest absolute Gasteiger partial charge is 0.338 e. The molecule has 136 valence electrons. The van der Waals surface area contributed by atoms with Crippen molar-refractivity contribution in [1.29, 1.82) is 0 Å². The van der Waals surface area contributed by atoms with Crippen molar-refractivity contribution in [3.05, 3.63) is 71.5 Å². The summed E-state index contributed by atoms with van der Waals surface area (Å²) in [5.74, 6) is -0.382. The maximum absolute atomic E-state index is 13.9. The van der Waals surface area contributed by atoms with Gasteiger partial charge in [0.05, 0.1) is 0 Å². The average Bonchev–Trinajstić information content (AvgIpc) is 2.59. The van der Waals surface area contributed by atoms with Crippen molar-refractivity contribution in [1.82, 2.24) is 4.90 Å². The van der Waals surface area contributed by atoms with E-state index in [-0.39, 0.29) is 30.0 Å². The highest BCUT2D eigenvalue weighted by atomic mass is 35.5. The van der Waals surface area contributed by atoms with E-state index in [2.05, 4.69) is 0 Å². The lowest BCUT2D eigenvalue weighted by molar-refractivity contribution is -0.132. The summed E-state index contributed by atoms with van der Waals surface area (Å²) in [4.78, 5) is 14.5. The van der Waals surface area contributed by atoms with Crippen molar-refractivity contribution in [2.45, 2.75) is 32.2 Å². The lowest BCUT2D eigenvalue weighted by atomic mass is 9.96. The standard InChI is InChI=1S/C20H25FN2O.ClH/c1-16(18-10-5-6-11-19(18)21)14-20(24)23(13-7-12-22)15-17-8-3-2-4-9-17;/h2-6,8-11,16H,7,12-15,22H2,1H3;1H. The molecule has 0 spiro atoms. The van der Waals surface area contributed by atoms with Gasteiger partial charge in [-0.15, -0.1) is 12.4 Å². The Morgan fingerprint density at radius 2 is 1.76 bits per heavy atom. The van der Waals surface area contributed by atoms with Gasteiger partial charge in [0.2, 0.25) is 5.91 Å². The Morgan fingerprint density at radius 3 is 2.40 bits per heavy atom. The van der Waals surface area contributed by atoms with Crippen LogP contribution in [0.3, 0.4) is 0 Å². The summed E-state index contributed by atoms with van der Waals surface area (Å²) in [5.41, 5.74) is 7.27. The molecule has 0 saturated carbocycles. The Morgan fingerprint density at radius 1 is 1.12 bits per heavy atom.